The minimum atomic E-state index is -3.61. The van der Waals surface area contributed by atoms with Crippen LogP contribution in [0, 0.1) is 0 Å². The van der Waals surface area contributed by atoms with Gasteiger partial charge in [0.2, 0.25) is 10.0 Å². The van der Waals surface area contributed by atoms with Gasteiger partial charge in [0.15, 0.2) is 5.75 Å². The molecule has 2 N–H and O–H groups in total. The number of hydrogen-bond donors (Lipinski definition) is 2. The molecule has 2 amide bonds. The van der Waals surface area contributed by atoms with Gasteiger partial charge in [-0.1, -0.05) is 39.0 Å². The quantitative estimate of drug-likeness (QED) is 0.347. The molecule has 1 fully saturated rings. The summed E-state index contributed by atoms with van der Waals surface area (Å²) in [6, 6.07) is 11.5. The van der Waals surface area contributed by atoms with Gasteiger partial charge in [-0.05, 0) is 62.4 Å². The van der Waals surface area contributed by atoms with Crippen molar-refractivity contribution in [2.45, 2.75) is 72.1 Å². The van der Waals surface area contributed by atoms with Gasteiger partial charge in [-0.3, -0.25) is 14.4 Å². The van der Waals surface area contributed by atoms with Crippen molar-refractivity contribution in [1.29, 1.82) is 0 Å². The Bertz CT molecular complexity index is 1700. The first-order valence-corrected chi connectivity index (χ1v) is 17.0. The summed E-state index contributed by atoms with van der Waals surface area (Å²) in [6.07, 6.45) is 0.779. The lowest BCUT2D eigenvalue weighted by atomic mass is 9.86. The van der Waals surface area contributed by atoms with Crippen molar-refractivity contribution in [3.8, 4) is 5.75 Å². The lowest BCUT2D eigenvalue weighted by Gasteiger charge is -2.40. The van der Waals surface area contributed by atoms with Crippen molar-refractivity contribution >= 4 is 44.3 Å². The van der Waals surface area contributed by atoms with E-state index in [1.54, 1.807) is 11.0 Å². The Morgan fingerprint density at radius 3 is 2.27 bits per heavy atom. The third kappa shape index (κ3) is 8.09. The van der Waals surface area contributed by atoms with Crippen LogP contribution in [0.5, 0.6) is 5.75 Å². The maximum atomic E-state index is 13.8. The molecular formula is C33H47N5O6S. The third-order valence-electron chi connectivity index (χ3n) is 7.87. The normalized spacial score (nSPS) is 16.5. The van der Waals surface area contributed by atoms with E-state index in [4.69, 9.17) is 9.47 Å². The molecule has 3 aromatic rings. The Balaban J connectivity index is 1.61. The Labute approximate surface area is 266 Å². The number of piperazine rings is 1. The second-order valence-electron chi connectivity index (χ2n) is 13.9. The van der Waals surface area contributed by atoms with Crippen LogP contribution in [0.1, 0.15) is 70.1 Å². The number of carbonyl (C=O) groups is 2. The molecule has 2 heterocycles. The molecule has 1 aliphatic rings. The van der Waals surface area contributed by atoms with Crippen LogP contribution in [0.25, 0.3) is 10.9 Å². The lowest BCUT2D eigenvalue weighted by Crippen LogP contribution is -2.54. The number of nitrogens with zero attached hydrogens (tertiary/aromatic N) is 3. The molecular weight excluding hydrogens is 594 g/mol. The molecule has 4 rings (SSSR count). The first kappa shape index (κ1) is 34.1. The monoisotopic (exact) mass is 641 g/mol. The second-order valence-corrected chi connectivity index (χ2v) is 15.6. The molecule has 11 nitrogen and oxygen atoms in total. The molecule has 1 saturated heterocycles. The van der Waals surface area contributed by atoms with Crippen LogP contribution in [0.15, 0.2) is 36.4 Å². The number of nitrogens with one attached hydrogen (secondary N) is 2. The molecule has 1 unspecified atom stereocenters. The summed E-state index contributed by atoms with van der Waals surface area (Å²) in [4.78, 5) is 30.5. The number of fused-ring (bicyclic) bond motifs is 1. The number of sulfonamides is 1. The highest BCUT2D eigenvalue weighted by molar-refractivity contribution is 7.92. The summed E-state index contributed by atoms with van der Waals surface area (Å²) in [6.45, 7) is 16.2. The molecule has 45 heavy (non-hydrogen) atoms. The van der Waals surface area contributed by atoms with Gasteiger partial charge in [-0.2, -0.15) is 0 Å². The number of benzene rings is 2. The molecule has 0 spiro atoms. The van der Waals surface area contributed by atoms with E-state index in [9.17, 15) is 18.0 Å². The number of amides is 2. The maximum absolute atomic E-state index is 13.8. The zero-order valence-corrected chi connectivity index (χ0v) is 28.9. The summed E-state index contributed by atoms with van der Waals surface area (Å²) >= 11 is 0. The van der Waals surface area contributed by atoms with Crippen LogP contribution in [0.2, 0.25) is 0 Å². The molecule has 0 radical (unpaired) electrons. The highest BCUT2D eigenvalue weighted by Crippen LogP contribution is 2.39. The predicted octanol–water partition coefficient (Wildman–Crippen LogP) is 5.55. The smallest absolute Gasteiger partial charge is 0.410 e. The van der Waals surface area contributed by atoms with Gasteiger partial charge in [-0.15, -0.1) is 0 Å². The van der Waals surface area contributed by atoms with Crippen molar-refractivity contribution < 1.29 is 27.5 Å². The molecule has 0 bridgehead atoms. The highest BCUT2D eigenvalue weighted by Gasteiger charge is 2.30. The SMILES string of the molecule is COc1c(NC(=O)c2cc3cccc(CN4CCN(C(=O)OC(C)(C)C)CC4C)c3n2C)cc(C(C)(C)C)cc1NS(C)(=O)=O. The number of aromatic nitrogens is 1. The molecule has 1 atom stereocenters. The van der Waals surface area contributed by atoms with Gasteiger partial charge in [-0.25, -0.2) is 13.2 Å². The van der Waals surface area contributed by atoms with Crippen LogP contribution in [0.3, 0.4) is 0 Å². The number of anilines is 2. The van der Waals surface area contributed by atoms with Crippen molar-refractivity contribution in [3.05, 3.63) is 53.2 Å². The molecule has 1 aromatic heterocycles. The number of para-hydroxylation sites is 1. The van der Waals surface area contributed by atoms with Crippen molar-refractivity contribution in [2.24, 2.45) is 7.05 Å². The number of aryl methyl sites for hydroxylation is 1. The first-order chi connectivity index (χ1) is 20.8. The summed E-state index contributed by atoms with van der Waals surface area (Å²) in [5, 5.41) is 3.90. The van der Waals surface area contributed by atoms with Crippen molar-refractivity contribution in [2.75, 3.05) is 43.0 Å². The summed E-state index contributed by atoms with van der Waals surface area (Å²) in [7, 11) is -0.303. The predicted molar refractivity (Wildman–Crippen MR) is 179 cm³/mol. The Hall–Kier alpha value is -3.77. The van der Waals surface area contributed by atoms with Gasteiger partial charge < -0.3 is 24.3 Å². The Kier molecular flexibility index (Phi) is 9.51. The highest BCUT2D eigenvalue weighted by atomic mass is 32.2. The van der Waals surface area contributed by atoms with Crippen LogP contribution in [0.4, 0.5) is 16.2 Å². The number of hydrogen-bond acceptors (Lipinski definition) is 7. The standard InChI is InChI=1S/C33H47N5O6S/c1-21-19-38(31(40)44-33(5,6)7)15-14-37(21)20-23-13-11-12-22-16-27(36(8)28(22)23)30(39)34-25-17-24(32(2,3)4)18-26(29(25)43-9)35-45(10,41)42/h11-13,16-18,21,35H,14-15,19-20H2,1-10H3,(H,34,39). The number of ether oxygens (including phenoxy) is 2. The van der Waals surface area contributed by atoms with E-state index in [1.165, 1.54) is 7.11 Å². The van der Waals surface area contributed by atoms with E-state index < -0.39 is 15.6 Å². The van der Waals surface area contributed by atoms with E-state index in [0.29, 0.717) is 37.6 Å². The molecule has 0 saturated carbocycles. The molecule has 1 aliphatic heterocycles. The molecule has 12 heteroatoms. The summed E-state index contributed by atoms with van der Waals surface area (Å²) < 4.78 is 39.8. The zero-order chi connectivity index (χ0) is 33.5. The van der Waals surface area contributed by atoms with E-state index in [2.05, 4.69) is 27.9 Å². The van der Waals surface area contributed by atoms with Crippen LogP contribution >= 0.6 is 0 Å². The average Bonchev–Trinajstić information content (AvgIpc) is 3.24. The first-order valence-electron chi connectivity index (χ1n) is 15.1. The Morgan fingerprint density at radius 2 is 1.69 bits per heavy atom. The largest absolute Gasteiger partial charge is 0.492 e. The average molecular weight is 642 g/mol. The summed E-state index contributed by atoms with van der Waals surface area (Å²) in [5.74, 6) is -0.130. The molecule has 246 valence electrons. The minimum absolute atomic E-state index is 0.113. The van der Waals surface area contributed by atoms with E-state index in [0.717, 1.165) is 28.3 Å². The van der Waals surface area contributed by atoms with Crippen molar-refractivity contribution in [1.82, 2.24) is 14.4 Å². The minimum Gasteiger partial charge on any atom is -0.492 e. The van der Waals surface area contributed by atoms with E-state index >= 15 is 0 Å². The third-order valence-corrected chi connectivity index (χ3v) is 8.46. The van der Waals surface area contributed by atoms with E-state index in [-0.39, 0.29) is 34.9 Å². The van der Waals surface area contributed by atoms with Gasteiger partial charge in [0.05, 0.1) is 30.3 Å². The van der Waals surface area contributed by atoms with Gasteiger partial charge in [0.1, 0.15) is 11.3 Å². The van der Waals surface area contributed by atoms with Crippen LogP contribution in [-0.4, -0.2) is 79.4 Å². The lowest BCUT2D eigenvalue weighted by molar-refractivity contribution is 0.00465. The summed E-state index contributed by atoms with van der Waals surface area (Å²) in [5.41, 5.74) is 3.03. The van der Waals surface area contributed by atoms with Gasteiger partial charge >= 0.3 is 6.09 Å². The fourth-order valence-electron chi connectivity index (χ4n) is 5.62. The Morgan fingerprint density at radius 1 is 1.02 bits per heavy atom. The maximum Gasteiger partial charge on any atom is 0.410 e. The second kappa shape index (κ2) is 12.6. The molecule has 2 aromatic carbocycles. The number of rotatable bonds is 7. The number of carbonyl (C=O) groups excluding carboxylic acids is 2. The van der Waals surface area contributed by atoms with Gasteiger partial charge in [0.25, 0.3) is 5.91 Å². The number of methoxy groups -OCH3 is 1. The van der Waals surface area contributed by atoms with Crippen LogP contribution in [-0.2, 0) is 33.8 Å². The molecule has 0 aliphatic carbocycles. The van der Waals surface area contributed by atoms with Gasteiger partial charge in [0, 0.05) is 44.7 Å². The van der Waals surface area contributed by atoms with E-state index in [1.807, 2.05) is 77.4 Å². The van der Waals surface area contributed by atoms with Crippen molar-refractivity contribution in [3.63, 3.8) is 0 Å². The van der Waals surface area contributed by atoms with Crippen LogP contribution < -0.4 is 14.8 Å². The fourth-order valence-corrected chi connectivity index (χ4v) is 6.18. The fraction of sp³-hybridized carbons (Fsp3) is 0.515. The zero-order valence-electron chi connectivity index (χ0n) is 28.1. The topological polar surface area (TPSA) is 122 Å².